The first-order valence-corrected chi connectivity index (χ1v) is 7.29. The fourth-order valence-electron chi connectivity index (χ4n) is 2.36. The Morgan fingerprint density at radius 2 is 1.96 bits per heavy atom. The maximum atomic E-state index is 4.66. The molecule has 6 heteroatoms. The van der Waals surface area contributed by atoms with Crippen LogP contribution in [-0.4, -0.2) is 32.6 Å². The van der Waals surface area contributed by atoms with Crippen LogP contribution in [0.4, 0.5) is 5.82 Å². The average Bonchev–Trinajstić information content (AvgIpc) is 3.14. The highest BCUT2D eigenvalue weighted by Crippen LogP contribution is 2.18. The summed E-state index contributed by atoms with van der Waals surface area (Å²) in [6.45, 7) is 0.764. The maximum Gasteiger partial charge on any atom is 0.155 e. The highest BCUT2D eigenvalue weighted by Gasteiger charge is 2.09. The van der Waals surface area contributed by atoms with Gasteiger partial charge in [-0.15, -0.1) is 0 Å². The number of hydrogen-bond donors (Lipinski definition) is 0. The Kier molecular flexibility index (Phi) is 3.40. The van der Waals surface area contributed by atoms with E-state index in [2.05, 4.69) is 20.1 Å². The van der Waals surface area contributed by atoms with Gasteiger partial charge in [-0.3, -0.25) is 4.98 Å². The van der Waals surface area contributed by atoms with Crippen molar-refractivity contribution in [3.05, 3.63) is 67.3 Å². The zero-order valence-electron chi connectivity index (χ0n) is 12.3. The van der Waals surface area contributed by atoms with Gasteiger partial charge < -0.3 is 4.90 Å². The van der Waals surface area contributed by atoms with E-state index in [1.807, 2.05) is 53.6 Å². The fraction of sp³-hybridized carbons (Fsp3) is 0.0588. The van der Waals surface area contributed by atoms with Gasteiger partial charge in [0.05, 0.1) is 12.0 Å². The number of anilines is 1. The molecule has 0 spiro atoms. The summed E-state index contributed by atoms with van der Waals surface area (Å²) < 4.78 is 1.77. The zero-order chi connectivity index (χ0) is 15.5. The van der Waals surface area contributed by atoms with Crippen molar-refractivity contribution < 1.29 is 0 Å². The Labute approximate surface area is 133 Å². The van der Waals surface area contributed by atoms with Crippen LogP contribution < -0.4 is 4.90 Å². The van der Waals surface area contributed by atoms with Crippen LogP contribution in [0.2, 0.25) is 0 Å². The zero-order valence-corrected chi connectivity index (χ0v) is 12.3. The van der Waals surface area contributed by atoms with Gasteiger partial charge in [0.2, 0.25) is 0 Å². The van der Waals surface area contributed by atoms with E-state index in [-0.39, 0.29) is 0 Å². The van der Waals surface area contributed by atoms with E-state index in [1.165, 1.54) is 0 Å². The number of rotatable bonds is 3. The van der Waals surface area contributed by atoms with Gasteiger partial charge in [0, 0.05) is 36.9 Å². The molecule has 0 saturated heterocycles. The van der Waals surface area contributed by atoms with Crippen LogP contribution in [0.25, 0.3) is 17.1 Å². The molecule has 0 bridgehead atoms. The standard InChI is InChI=1S/C17H14N6/c1-5-16(22-10-3-9-19-13-22)20-17(6-1)23-11-7-15(21-23)14-4-2-8-18-12-14/h1-9,11-13H,10H2. The first-order chi connectivity index (χ1) is 11.4. The van der Waals surface area contributed by atoms with Gasteiger partial charge >= 0.3 is 0 Å². The molecule has 0 radical (unpaired) electrons. The quantitative estimate of drug-likeness (QED) is 0.746. The Hall–Kier alpha value is -3.28. The number of aromatic nitrogens is 4. The van der Waals surface area contributed by atoms with Crippen molar-refractivity contribution in [3.63, 3.8) is 0 Å². The van der Waals surface area contributed by atoms with E-state index in [1.54, 1.807) is 29.6 Å². The Balaban J connectivity index is 1.65. The van der Waals surface area contributed by atoms with E-state index in [0.29, 0.717) is 0 Å². The Bertz CT molecular complexity index is 866. The largest absolute Gasteiger partial charge is 0.313 e. The molecule has 4 rings (SSSR count). The van der Waals surface area contributed by atoms with Crippen molar-refractivity contribution >= 4 is 12.2 Å². The summed E-state index contributed by atoms with van der Waals surface area (Å²) in [6, 6.07) is 11.7. The first kappa shape index (κ1) is 13.4. The molecule has 4 heterocycles. The summed E-state index contributed by atoms with van der Waals surface area (Å²) >= 11 is 0. The van der Waals surface area contributed by atoms with Crippen molar-refractivity contribution in [1.82, 2.24) is 19.7 Å². The van der Waals surface area contributed by atoms with E-state index in [0.717, 1.165) is 29.4 Å². The summed E-state index contributed by atoms with van der Waals surface area (Å²) in [5.41, 5.74) is 1.85. The number of aliphatic imine (C=N–C) groups is 1. The Morgan fingerprint density at radius 1 is 1.00 bits per heavy atom. The topological polar surface area (TPSA) is 59.2 Å². The summed E-state index contributed by atoms with van der Waals surface area (Å²) in [7, 11) is 0. The molecule has 0 fully saturated rings. The lowest BCUT2D eigenvalue weighted by molar-refractivity contribution is 0.847. The molecule has 3 aromatic rings. The third-order valence-corrected chi connectivity index (χ3v) is 3.49. The average molecular weight is 302 g/mol. The van der Waals surface area contributed by atoms with Gasteiger partial charge in [-0.1, -0.05) is 6.07 Å². The summed E-state index contributed by atoms with van der Waals surface area (Å²) in [6.07, 6.45) is 11.0. The van der Waals surface area contributed by atoms with Crippen LogP contribution in [0.15, 0.2) is 72.3 Å². The molecule has 1 aliphatic heterocycles. The van der Waals surface area contributed by atoms with Gasteiger partial charge in [0.15, 0.2) is 5.82 Å². The molecule has 0 saturated carbocycles. The monoisotopic (exact) mass is 302 g/mol. The van der Waals surface area contributed by atoms with Crippen LogP contribution in [0.3, 0.4) is 0 Å². The minimum Gasteiger partial charge on any atom is -0.313 e. The first-order valence-electron chi connectivity index (χ1n) is 7.29. The summed E-state index contributed by atoms with van der Waals surface area (Å²) in [5.74, 6) is 1.61. The van der Waals surface area contributed by atoms with Gasteiger partial charge in [-0.2, -0.15) is 5.10 Å². The molecule has 6 nitrogen and oxygen atoms in total. The van der Waals surface area contributed by atoms with Crippen LogP contribution in [-0.2, 0) is 0 Å². The van der Waals surface area contributed by atoms with Gasteiger partial charge in [-0.05, 0) is 36.4 Å². The third-order valence-electron chi connectivity index (χ3n) is 3.49. The van der Waals surface area contributed by atoms with Gasteiger partial charge in [-0.25, -0.2) is 14.7 Å². The van der Waals surface area contributed by atoms with Gasteiger partial charge in [0.1, 0.15) is 5.82 Å². The molecule has 3 aromatic heterocycles. The predicted molar refractivity (Wildman–Crippen MR) is 89.6 cm³/mol. The molecule has 1 aliphatic rings. The molecule has 23 heavy (non-hydrogen) atoms. The predicted octanol–water partition coefficient (Wildman–Crippen LogP) is 2.69. The van der Waals surface area contributed by atoms with E-state index >= 15 is 0 Å². The van der Waals surface area contributed by atoms with Gasteiger partial charge in [0.25, 0.3) is 0 Å². The molecule has 0 amide bonds. The van der Waals surface area contributed by atoms with Crippen molar-refractivity contribution in [3.8, 4) is 17.1 Å². The van der Waals surface area contributed by atoms with Crippen LogP contribution in [0.5, 0.6) is 0 Å². The smallest absolute Gasteiger partial charge is 0.155 e. The SMILES string of the molecule is C1=CN=CN(c2cccc(-n3ccc(-c4cccnc4)n3)n2)C1. The normalized spacial score (nSPS) is 13.5. The second-order valence-electron chi connectivity index (χ2n) is 5.04. The molecule has 0 N–H and O–H groups in total. The lowest BCUT2D eigenvalue weighted by Gasteiger charge is -2.18. The molecular formula is C17H14N6. The number of nitrogens with zero attached hydrogens (tertiary/aromatic N) is 6. The van der Waals surface area contributed by atoms with E-state index in [4.69, 9.17) is 0 Å². The third kappa shape index (κ3) is 2.74. The maximum absolute atomic E-state index is 4.66. The summed E-state index contributed by atoms with van der Waals surface area (Å²) in [5, 5.41) is 4.59. The number of hydrogen-bond acceptors (Lipinski definition) is 5. The second-order valence-corrected chi connectivity index (χ2v) is 5.04. The van der Waals surface area contributed by atoms with Crippen LogP contribution in [0.1, 0.15) is 0 Å². The van der Waals surface area contributed by atoms with E-state index in [9.17, 15) is 0 Å². The Morgan fingerprint density at radius 3 is 2.78 bits per heavy atom. The molecule has 0 aliphatic carbocycles. The highest BCUT2D eigenvalue weighted by molar-refractivity contribution is 5.79. The lowest BCUT2D eigenvalue weighted by atomic mass is 10.2. The fourth-order valence-corrected chi connectivity index (χ4v) is 2.36. The second kappa shape index (κ2) is 5.84. The minimum absolute atomic E-state index is 0.764. The molecular weight excluding hydrogens is 288 g/mol. The summed E-state index contributed by atoms with van der Waals surface area (Å²) in [4.78, 5) is 14.9. The lowest BCUT2D eigenvalue weighted by Crippen LogP contribution is -2.24. The molecule has 0 atom stereocenters. The van der Waals surface area contributed by atoms with Crippen LogP contribution >= 0.6 is 0 Å². The minimum atomic E-state index is 0.764. The van der Waals surface area contributed by atoms with Crippen LogP contribution in [0, 0.1) is 0 Å². The van der Waals surface area contributed by atoms with Crippen molar-refractivity contribution in [2.75, 3.05) is 11.4 Å². The molecule has 0 aromatic carbocycles. The van der Waals surface area contributed by atoms with Crippen molar-refractivity contribution in [1.29, 1.82) is 0 Å². The molecule has 0 unspecified atom stereocenters. The molecule has 112 valence electrons. The number of pyridine rings is 2. The van der Waals surface area contributed by atoms with Crippen molar-refractivity contribution in [2.24, 2.45) is 4.99 Å². The van der Waals surface area contributed by atoms with E-state index < -0.39 is 0 Å². The van der Waals surface area contributed by atoms with Crippen molar-refractivity contribution in [2.45, 2.75) is 0 Å². The highest BCUT2D eigenvalue weighted by atomic mass is 15.3.